The van der Waals surface area contributed by atoms with Crippen LogP contribution < -0.4 is 4.74 Å². The number of nitrogens with zero attached hydrogens (tertiary/aromatic N) is 2. The van der Waals surface area contributed by atoms with Crippen molar-refractivity contribution in [2.24, 2.45) is 7.05 Å². The summed E-state index contributed by atoms with van der Waals surface area (Å²) in [5.74, 6) is -0.688. The van der Waals surface area contributed by atoms with Crippen molar-refractivity contribution in [1.29, 1.82) is 0 Å². The van der Waals surface area contributed by atoms with E-state index in [0.717, 1.165) is 10.9 Å². The minimum absolute atomic E-state index is 0.114. The van der Waals surface area contributed by atoms with Crippen molar-refractivity contribution in [3.05, 3.63) is 47.7 Å². The van der Waals surface area contributed by atoms with E-state index in [1.165, 1.54) is 12.1 Å². The van der Waals surface area contributed by atoms with Crippen molar-refractivity contribution in [2.75, 3.05) is 7.11 Å². The Morgan fingerprint density at radius 3 is 2.22 bits per heavy atom. The molecule has 120 valence electrons. The standard InChI is InChI=1S/C18H18F2N2O/c1-10(2)17-14(19)6-12(7-15(17)20)11-5-13-9-22(3)21-18(13)16(8-11)23-4/h5-10H,1-4H3. The normalized spacial score (nSPS) is 11.4. The number of aromatic nitrogens is 2. The molecule has 0 unspecified atom stereocenters. The van der Waals surface area contributed by atoms with Crippen LogP contribution in [0.4, 0.5) is 8.78 Å². The number of methoxy groups -OCH3 is 1. The lowest BCUT2D eigenvalue weighted by Gasteiger charge is -2.12. The highest BCUT2D eigenvalue weighted by Gasteiger charge is 2.16. The third kappa shape index (κ3) is 2.67. The quantitative estimate of drug-likeness (QED) is 0.703. The smallest absolute Gasteiger partial charge is 0.147 e. The van der Waals surface area contributed by atoms with Gasteiger partial charge < -0.3 is 4.74 Å². The topological polar surface area (TPSA) is 27.1 Å². The summed E-state index contributed by atoms with van der Waals surface area (Å²) in [4.78, 5) is 0. The molecule has 1 aromatic heterocycles. The van der Waals surface area contributed by atoms with Crippen molar-refractivity contribution in [1.82, 2.24) is 9.78 Å². The molecule has 0 aliphatic rings. The monoisotopic (exact) mass is 316 g/mol. The van der Waals surface area contributed by atoms with Gasteiger partial charge in [0.1, 0.15) is 22.9 Å². The molecule has 0 atom stereocenters. The molecule has 1 heterocycles. The van der Waals surface area contributed by atoms with Crippen molar-refractivity contribution in [3.8, 4) is 16.9 Å². The molecule has 3 nitrogen and oxygen atoms in total. The summed E-state index contributed by atoms with van der Waals surface area (Å²) in [6.07, 6.45) is 1.84. The van der Waals surface area contributed by atoms with Gasteiger partial charge >= 0.3 is 0 Å². The summed E-state index contributed by atoms with van der Waals surface area (Å²) in [7, 11) is 3.37. The van der Waals surface area contributed by atoms with Crippen LogP contribution in [0.15, 0.2) is 30.5 Å². The van der Waals surface area contributed by atoms with E-state index in [4.69, 9.17) is 4.74 Å². The molecule has 0 aliphatic heterocycles. The summed E-state index contributed by atoms with van der Waals surface area (Å²) in [6, 6.07) is 6.34. The van der Waals surface area contributed by atoms with Crippen molar-refractivity contribution in [3.63, 3.8) is 0 Å². The van der Waals surface area contributed by atoms with Gasteiger partial charge in [0, 0.05) is 24.2 Å². The van der Waals surface area contributed by atoms with E-state index in [2.05, 4.69) is 5.10 Å². The average molecular weight is 316 g/mol. The molecule has 0 fully saturated rings. The fraction of sp³-hybridized carbons (Fsp3) is 0.278. The number of benzene rings is 2. The zero-order valence-corrected chi connectivity index (χ0v) is 13.5. The van der Waals surface area contributed by atoms with E-state index in [1.54, 1.807) is 31.7 Å². The van der Waals surface area contributed by atoms with Crippen LogP contribution in [-0.2, 0) is 7.05 Å². The Balaban J connectivity index is 2.20. The zero-order chi connectivity index (χ0) is 16.7. The maximum atomic E-state index is 14.3. The van der Waals surface area contributed by atoms with Crippen LogP contribution in [0.2, 0.25) is 0 Å². The first-order chi connectivity index (χ1) is 10.9. The third-order valence-electron chi connectivity index (χ3n) is 3.90. The van der Waals surface area contributed by atoms with Crippen molar-refractivity contribution < 1.29 is 13.5 Å². The molecule has 0 aliphatic carbocycles. The predicted octanol–water partition coefficient (Wildman–Crippen LogP) is 4.65. The van der Waals surface area contributed by atoms with Crippen molar-refractivity contribution in [2.45, 2.75) is 19.8 Å². The van der Waals surface area contributed by atoms with Gasteiger partial charge in [-0.2, -0.15) is 5.10 Å². The highest BCUT2D eigenvalue weighted by atomic mass is 19.1. The SMILES string of the molecule is COc1cc(-c2cc(F)c(C(C)C)c(F)c2)cc2cn(C)nc12. The highest BCUT2D eigenvalue weighted by molar-refractivity contribution is 5.89. The Hall–Kier alpha value is -2.43. The summed E-state index contributed by atoms with van der Waals surface area (Å²) >= 11 is 0. The highest BCUT2D eigenvalue weighted by Crippen LogP contribution is 2.34. The molecule has 0 bridgehead atoms. The Kier molecular flexibility index (Phi) is 3.80. The Bertz CT molecular complexity index is 861. The van der Waals surface area contributed by atoms with Gasteiger partial charge in [0.15, 0.2) is 0 Å². The second kappa shape index (κ2) is 5.65. The molecule has 0 N–H and O–H groups in total. The van der Waals surface area contributed by atoms with Crippen molar-refractivity contribution >= 4 is 10.9 Å². The molecule has 23 heavy (non-hydrogen) atoms. The first kappa shape index (κ1) is 15.5. The van der Waals surface area contributed by atoms with Crippen LogP contribution in [-0.4, -0.2) is 16.9 Å². The zero-order valence-electron chi connectivity index (χ0n) is 13.5. The van der Waals surface area contributed by atoms with Gasteiger partial charge in [-0.1, -0.05) is 13.8 Å². The fourth-order valence-corrected chi connectivity index (χ4v) is 2.85. The molecule has 0 amide bonds. The molecular formula is C18H18F2N2O. The molecule has 0 radical (unpaired) electrons. The first-order valence-electron chi connectivity index (χ1n) is 7.41. The molecule has 0 saturated heterocycles. The molecule has 2 aromatic carbocycles. The van der Waals surface area contributed by atoms with Crippen LogP contribution in [0.1, 0.15) is 25.3 Å². The van der Waals surface area contributed by atoms with E-state index in [1.807, 2.05) is 19.3 Å². The van der Waals surface area contributed by atoms with E-state index in [9.17, 15) is 8.78 Å². The number of rotatable bonds is 3. The van der Waals surface area contributed by atoms with Crippen LogP contribution >= 0.6 is 0 Å². The van der Waals surface area contributed by atoms with Crippen LogP contribution in [0.3, 0.4) is 0 Å². The average Bonchev–Trinajstić information content (AvgIpc) is 2.85. The minimum atomic E-state index is -0.528. The molecule has 0 saturated carbocycles. The van der Waals surface area contributed by atoms with Crippen LogP contribution in [0, 0.1) is 11.6 Å². The van der Waals surface area contributed by atoms with Gasteiger partial charge in [0.25, 0.3) is 0 Å². The van der Waals surface area contributed by atoms with Gasteiger partial charge in [-0.15, -0.1) is 0 Å². The van der Waals surface area contributed by atoms with Gasteiger partial charge in [0.05, 0.1) is 7.11 Å². The van der Waals surface area contributed by atoms with Crippen LogP contribution in [0.25, 0.3) is 22.0 Å². The number of ether oxygens (including phenoxy) is 1. The lowest BCUT2D eigenvalue weighted by molar-refractivity contribution is 0.418. The lowest BCUT2D eigenvalue weighted by Crippen LogP contribution is -1.99. The number of hydrogen-bond donors (Lipinski definition) is 0. The second-order valence-electron chi connectivity index (χ2n) is 5.93. The number of halogens is 2. The molecule has 3 rings (SSSR count). The Morgan fingerprint density at radius 2 is 1.65 bits per heavy atom. The third-order valence-corrected chi connectivity index (χ3v) is 3.90. The fourth-order valence-electron chi connectivity index (χ4n) is 2.85. The van der Waals surface area contributed by atoms with Crippen LogP contribution in [0.5, 0.6) is 5.75 Å². The molecular weight excluding hydrogens is 298 g/mol. The number of fused-ring (bicyclic) bond motifs is 1. The molecule has 0 spiro atoms. The van der Waals surface area contributed by atoms with E-state index < -0.39 is 11.6 Å². The molecule has 5 heteroatoms. The largest absolute Gasteiger partial charge is 0.494 e. The first-order valence-corrected chi connectivity index (χ1v) is 7.41. The second-order valence-corrected chi connectivity index (χ2v) is 5.93. The van der Waals surface area contributed by atoms with E-state index in [-0.39, 0.29) is 11.5 Å². The maximum Gasteiger partial charge on any atom is 0.147 e. The summed E-state index contributed by atoms with van der Waals surface area (Å²) in [6.45, 7) is 3.54. The summed E-state index contributed by atoms with van der Waals surface area (Å²) < 4.78 is 35.6. The Labute approximate surface area is 133 Å². The predicted molar refractivity (Wildman–Crippen MR) is 86.7 cm³/mol. The lowest BCUT2D eigenvalue weighted by atomic mass is 9.96. The van der Waals surface area contributed by atoms with Gasteiger partial charge in [0.2, 0.25) is 0 Å². The molecule has 3 aromatic rings. The summed E-state index contributed by atoms with van der Waals surface area (Å²) in [5, 5.41) is 5.19. The Morgan fingerprint density at radius 1 is 1.04 bits per heavy atom. The van der Waals surface area contributed by atoms with Gasteiger partial charge in [-0.25, -0.2) is 8.78 Å². The van der Waals surface area contributed by atoms with Gasteiger partial charge in [-0.05, 0) is 41.3 Å². The van der Waals surface area contributed by atoms with E-state index >= 15 is 0 Å². The van der Waals surface area contributed by atoms with E-state index in [0.29, 0.717) is 16.9 Å². The number of hydrogen-bond acceptors (Lipinski definition) is 2. The number of aryl methyl sites for hydroxylation is 1. The maximum absolute atomic E-state index is 14.3. The van der Waals surface area contributed by atoms with Gasteiger partial charge in [-0.3, -0.25) is 4.68 Å². The summed E-state index contributed by atoms with van der Waals surface area (Å²) in [5.41, 5.74) is 2.01. The minimum Gasteiger partial charge on any atom is -0.494 e.